The van der Waals surface area contributed by atoms with Crippen LogP contribution in [0.4, 0.5) is 11.4 Å². The summed E-state index contributed by atoms with van der Waals surface area (Å²) in [5.41, 5.74) is 1.25. The molecule has 8 heteroatoms. The first-order chi connectivity index (χ1) is 11.0. The fourth-order valence-electron chi connectivity index (χ4n) is 2.28. The van der Waals surface area contributed by atoms with Gasteiger partial charge in [-0.15, -0.1) is 0 Å². The van der Waals surface area contributed by atoms with Crippen molar-refractivity contribution in [2.24, 2.45) is 0 Å². The van der Waals surface area contributed by atoms with Crippen LogP contribution in [0.15, 0.2) is 51.7 Å². The Balaban J connectivity index is 1.85. The Morgan fingerprint density at radius 2 is 2.00 bits per heavy atom. The lowest BCUT2D eigenvalue weighted by Crippen LogP contribution is -2.15. The van der Waals surface area contributed by atoms with Crippen LogP contribution in [0.5, 0.6) is 0 Å². The first-order valence-electron chi connectivity index (χ1n) is 6.68. The number of benzene rings is 2. The minimum Gasteiger partial charge on any atom is -0.408 e. The number of nitrogens with zero attached hydrogens (tertiary/aromatic N) is 1. The lowest BCUT2D eigenvalue weighted by atomic mass is 10.1. The van der Waals surface area contributed by atoms with Gasteiger partial charge in [-0.25, -0.2) is 4.79 Å². The number of nitro benzene ring substituents is 1. The standard InChI is InChI=1S/C15H11N3O5/c19-13(8-9-4-1-2-6-11(9)18(21)22)16-10-5-3-7-12-14(10)17-15(20)23-12/h1-7H,8H2,(H,16,19)(H,17,20). The number of para-hydroxylation sites is 2. The highest BCUT2D eigenvalue weighted by atomic mass is 16.6. The summed E-state index contributed by atoms with van der Waals surface area (Å²) >= 11 is 0. The maximum absolute atomic E-state index is 12.2. The lowest BCUT2D eigenvalue weighted by Gasteiger charge is -2.06. The molecular formula is C15H11N3O5. The zero-order chi connectivity index (χ0) is 16.4. The molecule has 0 bridgehead atoms. The summed E-state index contributed by atoms with van der Waals surface area (Å²) in [6, 6.07) is 10.9. The molecule has 1 aromatic heterocycles. The summed E-state index contributed by atoms with van der Waals surface area (Å²) in [5, 5.41) is 13.6. The van der Waals surface area contributed by atoms with Gasteiger partial charge in [0.2, 0.25) is 5.91 Å². The van der Waals surface area contributed by atoms with Crippen LogP contribution in [0, 0.1) is 10.1 Å². The van der Waals surface area contributed by atoms with Crippen LogP contribution in [0.3, 0.4) is 0 Å². The third-order valence-electron chi connectivity index (χ3n) is 3.27. The number of aromatic nitrogens is 1. The fraction of sp³-hybridized carbons (Fsp3) is 0.0667. The molecule has 0 spiro atoms. The Hall–Kier alpha value is -3.42. The maximum Gasteiger partial charge on any atom is 0.417 e. The molecule has 3 rings (SSSR count). The number of carbonyl (C=O) groups excluding carboxylic acids is 1. The molecule has 0 saturated carbocycles. The molecule has 2 N–H and O–H groups in total. The van der Waals surface area contributed by atoms with E-state index in [4.69, 9.17) is 4.42 Å². The van der Waals surface area contributed by atoms with Gasteiger partial charge >= 0.3 is 5.76 Å². The second kappa shape index (κ2) is 5.76. The van der Waals surface area contributed by atoms with Gasteiger partial charge in [-0.3, -0.25) is 19.9 Å². The highest BCUT2D eigenvalue weighted by molar-refractivity contribution is 5.99. The van der Waals surface area contributed by atoms with Gasteiger partial charge in [0.15, 0.2) is 5.58 Å². The van der Waals surface area contributed by atoms with Crippen molar-refractivity contribution in [3.63, 3.8) is 0 Å². The van der Waals surface area contributed by atoms with E-state index in [0.29, 0.717) is 22.4 Å². The largest absolute Gasteiger partial charge is 0.417 e. The number of fused-ring (bicyclic) bond motifs is 1. The average molecular weight is 313 g/mol. The average Bonchev–Trinajstić information content (AvgIpc) is 2.89. The minimum atomic E-state index is -0.625. The Labute approximate surface area is 128 Å². The molecule has 0 radical (unpaired) electrons. The van der Waals surface area contributed by atoms with Gasteiger partial charge in [0, 0.05) is 11.6 Å². The molecule has 1 heterocycles. The molecule has 8 nitrogen and oxygen atoms in total. The molecule has 0 unspecified atom stereocenters. The number of rotatable bonds is 4. The number of aromatic amines is 1. The monoisotopic (exact) mass is 313 g/mol. The van der Waals surface area contributed by atoms with E-state index in [-0.39, 0.29) is 12.1 Å². The Kier molecular flexibility index (Phi) is 3.63. The van der Waals surface area contributed by atoms with E-state index in [2.05, 4.69) is 10.3 Å². The van der Waals surface area contributed by atoms with Crippen LogP contribution >= 0.6 is 0 Å². The predicted molar refractivity (Wildman–Crippen MR) is 82.3 cm³/mol. The number of amides is 1. The number of hydrogen-bond acceptors (Lipinski definition) is 5. The highest BCUT2D eigenvalue weighted by Gasteiger charge is 2.16. The Morgan fingerprint density at radius 3 is 2.78 bits per heavy atom. The van der Waals surface area contributed by atoms with Gasteiger partial charge in [-0.2, -0.15) is 0 Å². The topological polar surface area (TPSA) is 118 Å². The second-order valence-electron chi connectivity index (χ2n) is 4.80. The minimum absolute atomic E-state index is 0.113. The summed E-state index contributed by atoms with van der Waals surface area (Å²) in [5.74, 6) is -1.06. The van der Waals surface area contributed by atoms with Gasteiger partial charge in [0.05, 0.1) is 17.0 Å². The van der Waals surface area contributed by atoms with Crippen molar-refractivity contribution in [2.75, 3.05) is 5.32 Å². The zero-order valence-electron chi connectivity index (χ0n) is 11.7. The SMILES string of the molecule is O=C(Cc1ccccc1[N+](=O)[O-])Nc1cccc2oc(=O)[nH]c12. The number of H-pyrrole nitrogens is 1. The molecule has 23 heavy (non-hydrogen) atoms. The summed E-state index contributed by atoms with van der Waals surface area (Å²) in [7, 11) is 0. The van der Waals surface area contributed by atoms with Crippen LogP contribution in [-0.4, -0.2) is 15.8 Å². The van der Waals surface area contributed by atoms with Crippen LogP contribution in [-0.2, 0) is 11.2 Å². The van der Waals surface area contributed by atoms with E-state index in [0.717, 1.165) is 0 Å². The zero-order valence-corrected chi connectivity index (χ0v) is 11.7. The second-order valence-corrected chi connectivity index (χ2v) is 4.80. The number of nitrogens with one attached hydrogen (secondary N) is 2. The molecule has 116 valence electrons. The van der Waals surface area contributed by atoms with Crippen molar-refractivity contribution in [3.05, 3.63) is 68.7 Å². The molecule has 0 atom stereocenters. The summed E-state index contributed by atoms with van der Waals surface area (Å²) in [4.78, 5) is 36.3. The van der Waals surface area contributed by atoms with Crippen molar-refractivity contribution in [1.82, 2.24) is 4.98 Å². The maximum atomic E-state index is 12.2. The van der Waals surface area contributed by atoms with Crippen LogP contribution < -0.4 is 11.1 Å². The summed E-state index contributed by atoms with van der Waals surface area (Å²) in [6.07, 6.45) is -0.157. The first kappa shape index (κ1) is 14.5. The third kappa shape index (κ3) is 2.95. The molecule has 2 aromatic carbocycles. The number of nitro groups is 1. The van der Waals surface area contributed by atoms with Crippen molar-refractivity contribution in [2.45, 2.75) is 6.42 Å². The predicted octanol–water partition coefficient (Wildman–Crippen LogP) is 2.21. The van der Waals surface area contributed by atoms with E-state index >= 15 is 0 Å². The molecular weight excluding hydrogens is 302 g/mol. The van der Waals surface area contributed by atoms with E-state index in [1.807, 2.05) is 0 Å². The van der Waals surface area contributed by atoms with Crippen molar-refractivity contribution in [3.8, 4) is 0 Å². The normalized spacial score (nSPS) is 10.6. The van der Waals surface area contributed by atoms with Crippen LogP contribution in [0.1, 0.15) is 5.56 Å². The van der Waals surface area contributed by atoms with Crippen molar-refractivity contribution in [1.29, 1.82) is 0 Å². The Morgan fingerprint density at radius 1 is 1.22 bits per heavy atom. The van der Waals surface area contributed by atoms with E-state index < -0.39 is 16.6 Å². The molecule has 0 saturated heterocycles. The van der Waals surface area contributed by atoms with Gasteiger partial charge in [0.1, 0.15) is 5.52 Å². The molecule has 0 aliphatic carbocycles. The van der Waals surface area contributed by atoms with Crippen molar-refractivity contribution < 1.29 is 14.1 Å². The lowest BCUT2D eigenvalue weighted by molar-refractivity contribution is -0.385. The number of hydrogen-bond donors (Lipinski definition) is 2. The smallest absolute Gasteiger partial charge is 0.408 e. The molecule has 0 aliphatic heterocycles. The fourth-order valence-corrected chi connectivity index (χ4v) is 2.28. The summed E-state index contributed by atoms with van der Waals surface area (Å²) < 4.78 is 4.91. The van der Waals surface area contributed by atoms with Gasteiger partial charge in [-0.1, -0.05) is 24.3 Å². The molecule has 0 aliphatic rings. The van der Waals surface area contributed by atoms with Crippen LogP contribution in [0.2, 0.25) is 0 Å². The Bertz CT molecular complexity index is 957. The third-order valence-corrected chi connectivity index (χ3v) is 3.27. The van der Waals surface area contributed by atoms with Gasteiger partial charge in [0.25, 0.3) is 5.69 Å². The highest BCUT2D eigenvalue weighted by Crippen LogP contribution is 2.22. The van der Waals surface area contributed by atoms with Crippen LogP contribution in [0.25, 0.3) is 11.1 Å². The number of oxazole rings is 1. The van der Waals surface area contributed by atoms with E-state index in [1.54, 1.807) is 24.3 Å². The quantitative estimate of drug-likeness (QED) is 0.565. The van der Waals surface area contributed by atoms with Crippen molar-refractivity contribution >= 4 is 28.4 Å². The molecule has 1 amide bonds. The molecule has 0 fully saturated rings. The summed E-state index contributed by atoms with van der Waals surface area (Å²) in [6.45, 7) is 0. The number of anilines is 1. The van der Waals surface area contributed by atoms with Gasteiger partial charge < -0.3 is 9.73 Å². The number of carbonyl (C=O) groups is 1. The first-order valence-corrected chi connectivity index (χ1v) is 6.68. The van der Waals surface area contributed by atoms with Gasteiger partial charge in [-0.05, 0) is 12.1 Å². The van der Waals surface area contributed by atoms with E-state index in [1.165, 1.54) is 18.2 Å². The molecule has 3 aromatic rings. The van der Waals surface area contributed by atoms with E-state index in [9.17, 15) is 19.7 Å².